The molecule has 3 nitrogen and oxygen atoms in total. The minimum Gasteiger partial charge on any atom is -0.398 e. The molecule has 2 rings (SSSR count). The zero-order valence-corrected chi connectivity index (χ0v) is 10.2. The molecule has 1 saturated carbocycles. The number of benzene rings is 1. The van der Waals surface area contributed by atoms with Gasteiger partial charge in [-0.25, -0.2) is 8.42 Å². The summed E-state index contributed by atoms with van der Waals surface area (Å²) in [7, 11) is -3.58. The highest BCUT2D eigenvalue weighted by Crippen LogP contribution is 2.36. The lowest BCUT2D eigenvalue weighted by atomic mass is 10.2. The zero-order chi connectivity index (χ0) is 13.6. The van der Waals surface area contributed by atoms with E-state index in [4.69, 9.17) is 5.73 Å². The van der Waals surface area contributed by atoms with Crippen LogP contribution in [0.4, 0.5) is 18.9 Å². The van der Waals surface area contributed by atoms with Gasteiger partial charge in [-0.15, -0.1) is 0 Å². The van der Waals surface area contributed by atoms with E-state index in [-0.39, 0.29) is 22.3 Å². The molecular formula is C11H12F3NO2S. The molecule has 2 N–H and O–H groups in total. The average Bonchev–Trinajstić information content (AvgIpc) is 2.98. The molecule has 1 fully saturated rings. The van der Waals surface area contributed by atoms with Crippen molar-refractivity contribution in [3.63, 3.8) is 0 Å². The van der Waals surface area contributed by atoms with Crippen LogP contribution in [0.15, 0.2) is 23.1 Å². The third-order valence-electron chi connectivity index (χ3n) is 2.82. The molecule has 0 radical (unpaired) electrons. The minimum absolute atomic E-state index is 0.0391. The lowest BCUT2D eigenvalue weighted by Crippen LogP contribution is -2.13. The van der Waals surface area contributed by atoms with Crippen LogP contribution in [0.3, 0.4) is 0 Å². The van der Waals surface area contributed by atoms with Crippen LogP contribution in [-0.4, -0.2) is 14.2 Å². The van der Waals surface area contributed by atoms with Gasteiger partial charge in [0.25, 0.3) is 0 Å². The molecule has 0 bridgehead atoms. The van der Waals surface area contributed by atoms with Gasteiger partial charge in [0.1, 0.15) is 0 Å². The van der Waals surface area contributed by atoms with Crippen molar-refractivity contribution in [1.82, 2.24) is 0 Å². The van der Waals surface area contributed by atoms with Crippen LogP contribution >= 0.6 is 0 Å². The van der Waals surface area contributed by atoms with E-state index >= 15 is 0 Å². The molecule has 1 aromatic carbocycles. The number of anilines is 1. The van der Waals surface area contributed by atoms with Crippen molar-refractivity contribution in [3.05, 3.63) is 23.8 Å². The van der Waals surface area contributed by atoms with E-state index in [2.05, 4.69) is 0 Å². The highest BCUT2D eigenvalue weighted by Gasteiger charge is 2.33. The maximum atomic E-state index is 12.4. The summed E-state index contributed by atoms with van der Waals surface area (Å²) in [6, 6.07) is 2.35. The molecule has 1 aliphatic carbocycles. The Labute approximate surface area is 103 Å². The van der Waals surface area contributed by atoms with Gasteiger partial charge in [0.05, 0.1) is 21.9 Å². The summed E-state index contributed by atoms with van der Waals surface area (Å²) in [5.74, 6) is 0.0828. The second-order valence-electron chi connectivity index (χ2n) is 4.48. The number of nitrogens with two attached hydrogens (primary N) is 1. The fourth-order valence-corrected chi connectivity index (χ4v) is 3.52. The number of hydrogen-bond acceptors (Lipinski definition) is 3. The first-order valence-electron chi connectivity index (χ1n) is 5.39. The summed E-state index contributed by atoms with van der Waals surface area (Å²) in [5, 5.41) is 0. The molecule has 0 heterocycles. The Morgan fingerprint density at radius 2 is 1.89 bits per heavy atom. The molecule has 0 atom stereocenters. The first-order chi connectivity index (χ1) is 8.20. The third kappa shape index (κ3) is 2.77. The number of hydrogen-bond donors (Lipinski definition) is 1. The predicted molar refractivity (Wildman–Crippen MR) is 60.6 cm³/mol. The lowest BCUT2D eigenvalue weighted by Gasteiger charge is -2.11. The quantitative estimate of drug-likeness (QED) is 0.865. The van der Waals surface area contributed by atoms with E-state index in [1.807, 2.05) is 0 Å². The first-order valence-corrected chi connectivity index (χ1v) is 7.05. The van der Waals surface area contributed by atoms with Crippen molar-refractivity contribution in [1.29, 1.82) is 0 Å². The van der Waals surface area contributed by atoms with Crippen molar-refractivity contribution >= 4 is 15.5 Å². The molecule has 0 spiro atoms. The molecule has 0 aliphatic heterocycles. The fourth-order valence-electron chi connectivity index (χ4n) is 1.69. The Bertz CT molecular complexity index is 562. The molecule has 0 unspecified atom stereocenters. The predicted octanol–water partition coefficient (Wildman–Crippen LogP) is 2.47. The summed E-state index contributed by atoms with van der Waals surface area (Å²) >= 11 is 0. The topological polar surface area (TPSA) is 60.2 Å². The highest BCUT2D eigenvalue weighted by molar-refractivity contribution is 7.91. The number of rotatable bonds is 3. The molecule has 100 valence electrons. The summed E-state index contributed by atoms with van der Waals surface area (Å²) in [6.07, 6.45) is -2.83. The third-order valence-corrected chi connectivity index (χ3v) is 4.78. The molecular weight excluding hydrogens is 267 g/mol. The SMILES string of the molecule is Nc1cc(C(F)(F)F)ccc1S(=O)(=O)CC1CC1. The van der Waals surface area contributed by atoms with Gasteiger partial charge in [-0.05, 0) is 37.0 Å². The molecule has 1 aromatic rings. The van der Waals surface area contributed by atoms with Crippen LogP contribution in [0, 0.1) is 5.92 Å². The molecule has 0 amide bonds. The summed E-state index contributed by atoms with van der Waals surface area (Å²) in [4.78, 5) is -0.206. The molecule has 0 aromatic heterocycles. The average molecular weight is 279 g/mol. The number of nitrogen functional groups attached to an aromatic ring is 1. The van der Waals surface area contributed by atoms with E-state index < -0.39 is 21.6 Å². The van der Waals surface area contributed by atoms with Gasteiger partial charge in [0, 0.05) is 0 Å². The fraction of sp³-hybridized carbons (Fsp3) is 0.455. The van der Waals surface area contributed by atoms with Gasteiger partial charge in [0.15, 0.2) is 9.84 Å². The normalized spacial score (nSPS) is 16.8. The molecule has 0 saturated heterocycles. The van der Waals surface area contributed by atoms with E-state index in [9.17, 15) is 21.6 Å². The smallest absolute Gasteiger partial charge is 0.398 e. The Morgan fingerprint density at radius 1 is 1.28 bits per heavy atom. The molecule has 7 heteroatoms. The van der Waals surface area contributed by atoms with Gasteiger partial charge in [-0.1, -0.05) is 0 Å². The number of sulfone groups is 1. The summed E-state index contributed by atoms with van der Waals surface area (Å²) in [6.45, 7) is 0. The maximum absolute atomic E-state index is 12.4. The second kappa shape index (κ2) is 4.15. The largest absolute Gasteiger partial charge is 0.416 e. The van der Waals surface area contributed by atoms with Crippen molar-refractivity contribution < 1.29 is 21.6 Å². The van der Waals surface area contributed by atoms with Crippen LogP contribution in [0.2, 0.25) is 0 Å². The van der Waals surface area contributed by atoms with Gasteiger partial charge in [-0.3, -0.25) is 0 Å². The summed E-state index contributed by atoms with van der Waals surface area (Å²) < 4.78 is 61.0. The Morgan fingerprint density at radius 3 is 2.33 bits per heavy atom. The number of alkyl halides is 3. The van der Waals surface area contributed by atoms with E-state index in [0.717, 1.165) is 25.0 Å². The van der Waals surface area contributed by atoms with E-state index in [1.54, 1.807) is 0 Å². The zero-order valence-electron chi connectivity index (χ0n) is 9.37. The van der Waals surface area contributed by atoms with Crippen LogP contribution in [-0.2, 0) is 16.0 Å². The Balaban J connectivity index is 2.35. The Kier molecular flexibility index (Phi) is 3.04. The van der Waals surface area contributed by atoms with Gasteiger partial charge in [-0.2, -0.15) is 13.2 Å². The van der Waals surface area contributed by atoms with Crippen LogP contribution in [0.25, 0.3) is 0 Å². The summed E-state index contributed by atoms with van der Waals surface area (Å²) in [5.41, 5.74) is 4.14. The molecule has 1 aliphatic rings. The van der Waals surface area contributed by atoms with Gasteiger partial charge < -0.3 is 5.73 Å². The van der Waals surface area contributed by atoms with Crippen molar-refractivity contribution in [2.75, 3.05) is 11.5 Å². The van der Waals surface area contributed by atoms with E-state index in [0.29, 0.717) is 6.07 Å². The second-order valence-corrected chi connectivity index (χ2v) is 6.48. The standard InChI is InChI=1S/C11H12F3NO2S/c12-11(13,14)8-3-4-10(9(15)5-8)18(16,17)6-7-1-2-7/h3-5,7H,1-2,6,15H2. The van der Waals surface area contributed by atoms with Crippen LogP contribution in [0.5, 0.6) is 0 Å². The lowest BCUT2D eigenvalue weighted by molar-refractivity contribution is -0.137. The highest BCUT2D eigenvalue weighted by atomic mass is 32.2. The van der Waals surface area contributed by atoms with Gasteiger partial charge >= 0.3 is 6.18 Å². The van der Waals surface area contributed by atoms with Gasteiger partial charge in [0.2, 0.25) is 0 Å². The van der Waals surface area contributed by atoms with Crippen molar-refractivity contribution in [2.45, 2.75) is 23.9 Å². The first kappa shape index (κ1) is 13.2. The minimum atomic E-state index is -4.52. The van der Waals surface area contributed by atoms with Crippen molar-refractivity contribution in [3.8, 4) is 0 Å². The van der Waals surface area contributed by atoms with Crippen LogP contribution < -0.4 is 5.73 Å². The maximum Gasteiger partial charge on any atom is 0.416 e. The van der Waals surface area contributed by atoms with E-state index in [1.165, 1.54) is 0 Å². The Hall–Kier alpha value is -1.24. The molecule has 18 heavy (non-hydrogen) atoms. The van der Waals surface area contributed by atoms with Crippen LogP contribution in [0.1, 0.15) is 18.4 Å². The monoisotopic (exact) mass is 279 g/mol. The number of halogens is 3. The van der Waals surface area contributed by atoms with Crippen molar-refractivity contribution in [2.24, 2.45) is 5.92 Å².